The Hall–Kier alpha value is -1.62. The monoisotopic (exact) mass is 250 g/mol. The highest BCUT2D eigenvalue weighted by Crippen LogP contribution is 2.18. The summed E-state index contributed by atoms with van der Waals surface area (Å²) in [5.41, 5.74) is 0.205. The molecule has 1 aromatic rings. The van der Waals surface area contributed by atoms with Crippen molar-refractivity contribution in [3.05, 3.63) is 34.2 Å². The predicted octanol–water partition coefficient (Wildman–Crippen LogP) is 0.372. The zero-order valence-electron chi connectivity index (χ0n) is 10.5. The number of hydrogen-bond acceptors (Lipinski definition) is 3. The third-order valence-corrected chi connectivity index (χ3v) is 3.45. The molecule has 0 radical (unpaired) electrons. The van der Waals surface area contributed by atoms with Crippen molar-refractivity contribution in [2.75, 3.05) is 13.2 Å². The Bertz CT molecular complexity index is 495. The molecule has 0 spiro atoms. The first-order valence-corrected chi connectivity index (χ1v) is 6.22. The van der Waals surface area contributed by atoms with Gasteiger partial charge in [-0.3, -0.25) is 9.59 Å². The van der Waals surface area contributed by atoms with Gasteiger partial charge in [0.2, 0.25) is 0 Å². The van der Waals surface area contributed by atoms with Crippen molar-refractivity contribution < 1.29 is 9.90 Å². The van der Waals surface area contributed by atoms with E-state index in [4.69, 9.17) is 0 Å². The van der Waals surface area contributed by atoms with Gasteiger partial charge in [-0.15, -0.1) is 0 Å². The number of pyridine rings is 1. The van der Waals surface area contributed by atoms with Gasteiger partial charge in [0.25, 0.3) is 11.5 Å². The van der Waals surface area contributed by atoms with Crippen LogP contribution in [-0.4, -0.2) is 39.7 Å². The number of hydrogen-bond donors (Lipinski definition) is 1. The number of carbonyl (C=O) groups excluding carboxylic acids is 1. The highest BCUT2D eigenvalue weighted by atomic mass is 16.3. The predicted molar refractivity (Wildman–Crippen MR) is 67.4 cm³/mol. The molecule has 1 N–H and O–H groups in total. The summed E-state index contributed by atoms with van der Waals surface area (Å²) in [4.78, 5) is 25.5. The minimum Gasteiger partial charge on any atom is -0.394 e. The number of aromatic nitrogens is 1. The first-order valence-electron chi connectivity index (χ1n) is 6.22. The number of carbonyl (C=O) groups is 1. The van der Waals surface area contributed by atoms with Crippen LogP contribution in [0.25, 0.3) is 0 Å². The lowest BCUT2D eigenvalue weighted by Gasteiger charge is -2.34. The molecule has 0 aliphatic carbocycles. The quantitative estimate of drug-likeness (QED) is 0.825. The van der Waals surface area contributed by atoms with E-state index in [2.05, 4.69) is 0 Å². The summed E-state index contributed by atoms with van der Waals surface area (Å²) in [6, 6.07) is 2.88. The molecule has 0 saturated carbocycles. The lowest BCUT2D eigenvalue weighted by molar-refractivity contribution is 0.0502. The highest BCUT2D eigenvalue weighted by molar-refractivity contribution is 5.94. The van der Waals surface area contributed by atoms with Crippen molar-refractivity contribution in [3.8, 4) is 0 Å². The van der Waals surface area contributed by atoms with Gasteiger partial charge in [0.15, 0.2) is 0 Å². The molecule has 98 valence electrons. The number of aryl methyl sites for hydroxylation is 1. The van der Waals surface area contributed by atoms with E-state index < -0.39 is 0 Å². The fourth-order valence-electron chi connectivity index (χ4n) is 2.31. The summed E-state index contributed by atoms with van der Waals surface area (Å²) in [5.74, 6) is -0.161. The Morgan fingerprint density at radius 2 is 2.28 bits per heavy atom. The van der Waals surface area contributed by atoms with Crippen molar-refractivity contribution in [3.63, 3.8) is 0 Å². The van der Waals surface area contributed by atoms with E-state index in [-0.39, 0.29) is 24.1 Å². The molecule has 5 nitrogen and oxygen atoms in total. The van der Waals surface area contributed by atoms with Crippen LogP contribution in [0.1, 0.15) is 29.6 Å². The molecule has 1 fully saturated rings. The molecular formula is C13H18N2O3. The zero-order valence-corrected chi connectivity index (χ0v) is 10.5. The summed E-state index contributed by atoms with van der Waals surface area (Å²) in [6.45, 7) is 0.635. The van der Waals surface area contributed by atoms with Gasteiger partial charge in [-0.1, -0.05) is 0 Å². The van der Waals surface area contributed by atoms with E-state index in [0.717, 1.165) is 19.3 Å². The van der Waals surface area contributed by atoms with E-state index in [1.807, 2.05) is 0 Å². The van der Waals surface area contributed by atoms with Gasteiger partial charge < -0.3 is 14.6 Å². The fraction of sp³-hybridized carbons (Fsp3) is 0.538. The number of aliphatic hydroxyl groups excluding tert-OH is 1. The van der Waals surface area contributed by atoms with Crippen LogP contribution in [0.5, 0.6) is 0 Å². The average Bonchev–Trinajstić information content (AvgIpc) is 2.41. The van der Waals surface area contributed by atoms with Gasteiger partial charge >= 0.3 is 0 Å². The van der Waals surface area contributed by atoms with Crippen molar-refractivity contribution in [1.29, 1.82) is 0 Å². The Balaban J connectivity index is 2.24. The van der Waals surface area contributed by atoms with Gasteiger partial charge in [-0.2, -0.15) is 0 Å². The Labute approximate surface area is 106 Å². The lowest BCUT2D eigenvalue weighted by atomic mass is 10.0. The smallest absolute Gasteiger partial charge is 0.254 e. The number of rotatable bonds is 2. The van der Waals surface area contributed by atoms with Crippen molar-refractivity contribution >= 4 is 5.91 Å². The fourth-order valence-corrected chi connectivity index (χ4v) is 2.31. The maximum Gasteiger partial charge on any atom is 0.254 e. The Morgan fingerprint density at radius 3 is 2.94 bits per heavy atom. The molecule has 1 saturated heterocycles. The Morgan fingerprint density at radius 1 is 1.50 bits per heavy atom. The molecule has 2 rings (SSSR count). The highest BCUT2D eigenvalue weighted by Gasteiger charge is 2.26. The number of piperidine rings is 1. The standard InChI is InChI=1S/C13H18N2O3/c1-14-7-5-10(8-12(14)17)13(18)15-6-3-2-4-11(15)9-16/h5,7-8,11,16H,2-4,6,9H2,1H3. The summed E-state index contributed by atoms with van der Waals surface area (Å²) in [6.07, 6.45) is 4.40. The van der Waals surface area contributed by atoms with Crippen LogP contribution >= 0.6 is 0 Å². The van der Waals surface area contributed by atoms with Crippen LogP contribution in [0, 0.1) is 0 Å². The van der Waals surface area contributed by atoms with E-state index in [9.17, 15) is 14.7 Å². The normalized spacial score (nSPS) is 19.9. The number of aliphatic hydroxyl groups is 1. The molecule has 1 unspecified atom stereocenters. The third-order valence-electron chi connectivity index (χ3n) is 3.45. The van der Waals surface area contributed by atoms with Gasteiger partial charge in [0.1, 0.15) is 0 Å². The Kier molecular flexibility index (Phi) is 3.81. The number of nitrogens with zero attached hydrogens (tertiary/aromatic N) is 2. The average molecular weight is 250 g/mol. The molecule has 1 aliphatic heterocycles. The molecule has 5 heteroatoms. The number of amides is 1. The zero-order chi connectivity index (χ0) is 13.1. The van der Waals surface area contributed by atoms with Crippen LogP contribution < -0.4 is 5.56 Å². The summed E-state index contributed by atoms with van der Waals surface area (Å²) >= 11 is 0. The molecule has 0 aromatic carbocycles. The summed E-state index contributed by atoms with van der Waals surface area (Å²) in [5, 5.41) is 9.30. The summed E-state index contributed by atoms with van der Waals surface area (Å²) < 4.78 is 1.43. The van der Waals surface area contributed by atoms with E-state index in [1.165, 1.54) is 10.6 Å². The largest absolute Gasteiger partial charge is 0.394 e. The van der Waals surface area contributed by atoms with Crippen LogP contribution in [0.15, 0.2) is 23.1 Å². The molecule has 1 amide bonds. The van der Waals surface area contributed by atoms with Crippen LogP contribution in [-0.2, 0) is 7.05 Å². The SMILES string of the molecule is Cn1ccc(C(=O)N2CCCCC2CO)cc1=O. The molecule has 1 atom stereocenters. The molecule has 2 heterocycles. The molecule has 18 heavy (non-hydrogen) atoms. The van der Waals surface area contributed by atoms with E-state index >= 15 is 0 Å². The molecule has 0 bridgehead atoms. The topological polar surface area (TPSA) is 62.5 Å². The van der Waals surface area contributed by atoms with E-state index in [1.54, 1.807) is 24.2 Å². The second kappa shape index (κ2) is 5.35. The second-order valence-electron chi connectivity index (χ2n) is 4.70. The van der Waals surface area contributed by atoms with Gasteiger partial charge in [-0.05, 0) is 25.3 Å². The van der Waals surface area contributed by atoms with Crippen molar-refractivity contribution in [2.24, 2.45) is 7.05 Å². The van der Waals surface area contributed by atoms with Gasteiger partial charge in [-0.25, -0.2) is 0 Å². The number of likely N-dealkylation sites (tertiary alicyclic amines) is 1. The molecular weight excluding hydrogens is 232 g/mol. The first kappa shape index (κ1) is 12.8. The van der Waals surface area contributed by atoms with Crippen LogP contribution in [0.4, 0.5) is 0 Å². The first-order chi connectivity index (χ1) is 8.63. The van der Waals surface area contributed by atoms with Crippen molar-refractivity contribution in [1.82, 2.24) is 9.47 Å². The van der Waals surface area contributed by atoms with E-state index in [0.29, 0.717) is 12.1 Å². The third kappa shape index (κ3) is 2.46. The van der Waals surface area contributed by atoms with Crippen LogP contribution in [0.3, 0.4) is 0 Å². The molecule has 1 aromatic heterocycles. The summed E-state index contributed by atoms with van der Waals surface area (Å²) in [7, 11) is 1.65. The van der Waals surface area contributed by atoms with Gasteiger partial charge in [0.05, 0.1) is 12.6 Å². The maximum atomic E-state index is 12.3. The maximum absolute atomic E-state index is 12.3. The second-order valence-corrected chi connectivity index (χ2v) is 4.70. The van der Waals surface area contributed by atoms with Crippen LogP contribution in [0.2, 0.25) is 0 Å². The minimum absolute atomic E-state index is 0.0173. The van der Waals surface area contributed by atoms with Gasteiger partial charge in [0, 0.05) is 31.4 Å². The lowest BCUT2D eigenvalue weighted by Crippen LogP contribution is -2.45. The van der Waals surface area contributed by atoms with Crippen molar-refractivity contribution in [2.45, 2.75) is 25.3 Å². The minimum atomic E-state index is -0.196. The molecule has 1 aliphatic rings.